The molecule has 5 heteroatoms. The molecule has 32 heavy (non-hydrogen) atoms. The Morgan fingerprint density at radius 2 is 1.59 bits per heavy atom. The van der Waals surface area contributed by atoms with Gasteiger partial charge >= 0.3 is 5.97 Å². The van der Waals surface area contributed by atoms with E-state index >= 15 is 0 Å². The summed E-state index contributed by atoms with van der Waals surface area (Å²) < 4.78 is 7.32. The molecule has 1 N–H and O–H groups in total. The van der Waals surface area contributed by atoms with Crippen LogP contribution in [0.4, 0.5) is 0 Å². The predicted molar refractivity (Wildman–Crippen MR) is 126 cm³/mol. The Hall–Kier alpha value is -3.86. The van der Waals surface area contributed by atoms with Crippen molar-refractivity contribution in [2.45, 2.75) is 27.0 Å². The first kappa shape index (κ1) is 21.4. The van der Waals surface area contributed by atoms with E-state index < -0.39 is 5.97 Å². The van der Waals surface area contributed by atoms with Crippen LogP contribution in [-0.2, 0) is 13.2 Å². The molecule has 4 aromatic rings. The molecular formula is C27H25NO4. The molecule has 3 aromatic carbocycles. The molecule has 5 nitrogen and oxygen atoms in total. The van der Waals surface area contributed by atoms with Crippen LogP contribution >= 0.6 is 0 Å². The molecule has 0 spiro atoms. The van der Waals surface area contributed by atoms with E-state index in [1.165, 1.54) is 4.57 Å². The van der Waals surface area contributed by atoms with Gasteiger partial charge in [0.25, 0.3) is 5.56 Å². The van der Waals surface area contributed by atoms with Crippen molar-refractivity contribution in [2.75, 3.05) is 0 Å². The maximum absolute atomic E-state index is 13.4. The molecule has 0 aliphatic heterocycles. The number of ether oxygens (including phenoxy) is 1. The van der Waals surface area contributed by atoms with Crippen molar-refractivity contribution in [3.05, 3.63) is 100 Å². The first-order chi connectivity index (χ1) is 15.5. The summed E-state index contributed by atoms with van der Waals surface area (Å²) in [6, 6.07) is 24.4. The van der Waals surface area contributed by atoms with Gasteiger partial charge in [-0.1, -0.05) is 74.5 Å². The molecule has 1 heterocycles. The summed E-state index contributed by atoms with van der Waals surface area (Å²) in [7, 11) is 0. The molecule has 0 radical (unpaired) electrons. The zero-order valence-electron chi connectivity index (χ0n) is 18.1. The van der Waals surface area contributed by atoms with Gasteiger partial charge < -0.3 is 14.4 Å². The van der Waals surface area contributed by atoms with Gasteiger partial charge in [-0.05, 0) is 40.6 Å². The fourth-order valence-electron chi connectivity index (χ4n) is 3.92. The molecular weight excluding hydrogens is 402 g/mol. The highest BCUT2D eigenvalue weighted by atomic mass is 16.5. The minimum Gasteiger partial charge on any atom is -0.489 e. The number of fused-ring (bicyclic) bond motifs is 1. The number of carbonyl (C=O) groups is 1. The van der Waals surface area contributed by atoms with Crippen LogP contribution in [0.3, 0.4) is 0 Å². The van der Waals surface area contributed by atoms with E-state index in [-0.39, 0.29) is 17.2 Å². The zero-order valence-corrected chi connectivity index (χ0v) is 18.1. The quantitative estimate of drug-likeness (QED) is 0.417. The smallest absolute Gasteiger partial charge is 0.353 e. The Bertz CT molecular complexity index is 1310. The number of aromatic carboxylic acids is 1. The minimum absolute atomic E-state index is 0.0142. The van der Waals surface area contributed by atoms with Gasteiger partial charge in [0, 0.05) is 12.1 Å². The lowest BCUT2D eigenvalue weighted by atomic mass is 9.96. The third kappa shape index (κ3) is 4.28. The molecule has 0 saturated carbocycles. The van der Waals surface area contributed by atoms with Crippen molar-refractivity contribution < 1.29 is 14.6 Å². The normalized spacial score (nSPS) is 11.1. The highest BCUT2D eigenvalue weighted by Gasteiger charge is 2.23. The number of rotatable bonds is 7. The standard InChI is InChI=1S/C27H25NO4/c1-18(2)16-28-25(27(30)31)24(20-11-7-4-8-12-20)22-14-13-21(15-23(22)26(28)29)32-17-19-9-5-3-6-10-19/h3-15,18H,16-17H2,1-2H3,(H,30,31). The molecule has 4 rings (SSSR count). The number of aromatic nitrogens is 1. The third-order valence-electron chi connectivity index (χ3n) is 5.30. The summed E-state index contributed by atoms with van der Waals surface area (Å²) in [6.45, 7) is 4.62. The molecule has 0 saturated heterocycles. The van der Waals surface area contributed by atoms with Crippen molar-refractivity contribution in [1.82, 2.24) is 4.57 Å². The molecule has 0 fully saturated rings. The van der Waals surface area contributed by atoms with Crippen molar-refractivity contribution in [3.8, 4) is 16.9 Å². The molecule has 0 aliphatic rings. The van der Waals surface area contributed by atoms with Gasteiger partial charge in [0.05, 0.1) is 5.39 Å². The molecule has 0 bridgehead atoms. The first-order valence-electron chi connectivity index (χ1n) is 10.6. The van der Waals surface area contributed by atoms with Crippen LogP contribution < -0.4 is 10.3 Å². The van der Waals surface area contributed by atoms with E-state index in [0.717, 1.165) is 11.1 Å². The van der Waals surface area contributed by atoms with Crippen LogP contribution in [0.2, 0.25) is 0 Å². The van der Waals surface area contributed by atoms with Gasteiger partial charge in [0.2, 0.25) is 0 Å². The molecule has 0 amide bonds. The lowest BCUT2D eigenvalue weighted by molar-refractivity contribution is 0.0684. The summed E-state index contributed by atoms with van der Waals surface area (Å²) in [6.07, 6.45) is 0. The maximum Gasteiger partial charge on any atom is 0.353 e. The van der Waals surface area contributed by atoms with Gasteiger partial charge in [-0.25, -0.2) is 4.79 Å². The van der Waals surface area contributed by atoms with E-state index in [4.69, 9.17) is 4.74 Å². The number of carboxylic acid groups (broad SMARTS) is 1. The number of hydrogen-bond donors (Lipinski definition) is 1. The lowest BCUT2D eigenvalue weighted by Crippen LogP contribution is -2.29. The van der Waals surface area contributed by atoms with Crippen LogP contribution in [0.25, 0.3) is 21.9 Å². The topological polar surface area (TPSA) is 68.5 Å². The largest absolute Gasteiger partial charge is 0.489 e. The Kier molecular flexibility index (Phi) is 6.08. The highest BCUT2D eigenvalue weighted by molar-refractivity contribution is 6.06. The van der Waals surface area contributed by atoms with Gasteiger partial charge in [-0.3, -0.25) is 4.79 Å². The minimum atomic E-state index is -1.12. The summed E-state index contributed by atoms with van der Waals surface area (Å²) >= 11 is 0. The Morgan fingerprint density at radius 1 is 0.938 bits per heavy atom. The summed E-state index contributed by atoms with van der Waals surface area (Å²) in [5, 5.41) is 11.1. The van der Waals surface area contributed by atoms with Crippen LogP contribution in [0.5, 0.6) is 5.75 Å². The van der Waals surface area contributed by atoms with E-state index in [0.29, 0.717) is 35.2 Å². The fraction of sp³-hybridized carbons (Fsp3) is 0.185. The lowest BCUT2D eigenvalue weighted by Gasteiger charge is -2.19. The van der Waals surface area contributed by atoms with E-state index in [1.807, 2.05) is 74.5 Å². The molecule has 0 atom stereocenters. The highest BCUT2D eigenvalue weighted by Crippen LogP contribution is 2.33. The zero-order chi connectivity index (χ0) is 22.7. The van der Waals surface area contributed by atoms with Crippen LogP contribution in [-0.4, -0.2) is 15.6 Å². The Labute approximate surface area is 186 Å². The third-order valence-corrected chi connectivity index (χ3v) is 5.30. The predicted octanol–water partition coefficient (Wildman–Crippen LogP) is 5.60. The SMILES string of the molecule is CC(C)Cn1c(C(=O)O)c(-c2ccccc2)c2ccc(OCc3ccccc3)cc2c1=O. The monoisotopic (exact) mass is 427 g/mol. The summed E-state index contributed by atoms with van der Waals surface area (Å²) in [4.78, 5) is 25.8. The second kappa shape index (κ2) is 9.10. The average molecular weight is 428 g/mol. The number of hydrogen-bond acceptors (Lipinski definition) is 3. The van der Waals surface area contributed by atoms with E-state index in [2.05, 4.69) is 0 Å². The van der Waals surface area contributed by atoms with Crippen LogP contribution in [0, 0.1) is 5.92 Å². The Morgan fingerprint density at radius 3 is 2.22 bits per heavy atom. The molecule has 1 aromatic heterocycles. The van der Waals surface area contributed by atoms with E-state index in [1.54, 1.807) is 18.2 Å². The van der Waals surface area contributed by atoms with Gasteiger partial charge in [0.15, 0.2) is 0 Å². The van der Waals surface area contributed by atoms with Crippen LogP contribution in [0.1, 0.15) is 29.9 Å². The molecule has 0 unspecified atom stereocenters. The van der Waals surface area contributed by atoms with Crippen molar-refractivity contribution in [3.63, 3.8) is 0 Å². The van der Waals surface area contributed by atoms with E-state index in [9.17, 15) is 14.7 Å². The molecule has 162 valence electrons. The number of pyridine rings is 1. The van der Waals surface area contributed by atoms with Gasteiger partial charge in [-0.15, -0.1) is 0 Å². The van der Waals surface area contributed by atoms with Gasteiger partial charge in [-0.2, -0.15) is 0 Å². The number of carboxylic acids is 1. The second-order valence-corrected chi connectivity index (χ2v) is 8.19. The second-order valence-electron chi connectivity index (χ2n) is 8.19. The van der Waals surface area contributed by atoms with Crippen molar-refractivity contribution >= 4 is 16.7 Å². The summed E-state index contributed by atoms with van der Waals surface area (Å²) in [5.74, 6) is -0.450. The maximum atomic E-state index is 13.4. The molecule has 0 aliphatic carbocycles. The summed E-state index contributed by atoms with van der Waals surface area (Å²) in [5.41, 5.74) is 2.01. The fourth-order valence-corrected chi connectivity index (χ4v) is 3.92. The average Bonchev–Trinajstić information content (AvgIpc) is 2.80. The first-order valence-corrected chi connectivity index (χ1v) is 10.6. The van der Waals surface area contributed by atoms with Crippen LogP contribution in [0.15, 0.2) is 83.7 Å². The van der Waals surface area contributed by atoms with Crippen molar-refractivity contribution in [2.24, 2.45) is 5.92 Å². The van der Waals surface area contributed by atoms with Crippen molar-refractivity contribution in [1.29, 1.82) is 0 Å². The number of benzene rings is 3. The Balaban J connectivity index is 1.92. The van der Waals surface area contributed by atoms with Gasteiger partial charge in [0.1, 0.15) is 18.1 Å². The number of nitrogens with zero attached hydrogens (tertiary/aromatic N) is 1.